The Labute approximate surface area is 115 Å². The van der Waals surface area contributed by atoms with Crippen molar-refractivity contribution in [3.05, 3.63) is 51.2 Å². The van der Waals surface area contributed by atoms with E-state index in [-0.39, 0.29) is 12.2 Å². The third-order valence-electron chi connectivity index (χ3n) is 3.01. The molecule has 0 radical (unpaired) electrons. The maximum Gasteiger partial charge on any atom is 0.207 e. The number of alkyl halides is 1. The first kappa shape index (κ1) is 13.7. The van der Waals surface area contributed by atoms with Gasteiger partial charge in [0.1, 0.15) is 5.75 Å². The molecule has 0 fully saturated rings. The number of phenols is 1. The predicted molar refractivity (Wildman–Crippen MR) is 74.8 cm³/mol. The Morgan fingerprint density at radius 3 is 2.53 bits per heavy atom. The van der Waals surface area contributed by atoms with Crippen molar-refractivity contribution in [3.8, 4) is 5.75 Å². The number of ketones is 1. The van der Waals surface area contributed by atoms with Crippen molar-refractivity contribution in [1.29, 1.82) is 0 Å². The van der Waals surface area contributed by atoms with E-state index in [2.05, 4.69) is 0 Å². The quantitative estimate of drug-likeness (QED) is 0.863. The molecule has 0 spiro atoms. The lowest BCUT2D eigenvalue weighted by Gasteiger charge is -2.10. The first-order chi connectivity index (χ1) is 8.99. The highest BCUT2D eigenvalue weighted by Gasteiger charge is 2.21. The SMILES string of the molecule is Cc1cc(C[C@H](F)C(=O)c2cccs2)cc(C)c1O. The van der Waals surface area contributed by atoms with Crippen molar-refractivity contribution in [2.24, 2.45) is 0 Å². The largest absolute Gasteiger partial charge is 0.507 e. The van der Waals surface area contributed by atoms with Crippen molar-refractivity contribution in [3.63, 3.8) is 0 Å². The number of phenolic OH excluding ortho intramolecular Hbond substituents is 1. The molecule has 4 heteroatoms. The molecule has 0 saturated heterocycles. The Kier molecular flexibility index (Phi) is 4.00. The second-order valence-corrected chi connectivity index (χ2v) is 5.54. The average molecular weight is 278 g/mol. The van der Waals surface area contributed by atoms with Crippen molar-refractivity contribution >= 4 is 17.1 Å². The Balaban J connectivity index is 2.15. The van der Waals surface area contributed by atoms with Gasteiger partial charge in [-0.05, 0) is 42.0 Å². The summed E-state index contributed by atoms with van der Waals surface area (Å²) in [5, 5.41) is 11.4. The van der Waals surface area contributed by atoms with Gasteiger partial charge in [0.2, 0.25) is 5.78 Å². The molecule has 0 amide bonds. The van der Waals surface area contributed by atoms with Crippen LogP contribution in [0.15, 0.2) is 29.6 Å². The number of halogens is 1. The smallest absolute Gasteiger partial charge is 0.207 e. The fourth-order valence-corrected chi connectivity index (χ4v) is 2.74. The molecule has 1 heterocycles. The Hall–Kier alpha value is -1.68. The highest BCUT2D eigenvalue weighted by molar-refractivity contribution is 7.12. The normalized spacial score (nSPS) is 12.4. The molecule has 1 aromatic heterocycles. The van der Waals surface area contributed by atoms with Crippen LogP contribution in [-0.2, 0) is 6.42 Å². The summed E-state index contributed by atoms with van der Waals surface area (Å²) in [5.41, 5.74) is 2.13. The van der Waals surface area contributed by atoms with Gasteiger partial charge in [-0.25, -0.2) is 4.39 Å². The third kappa shape index (κ3) is 3.01. The number of thiophene rings is 1. The molecule has 1 atom stereocenters. The molecular formula is C15H15FO2S. The first-order valence-electron chi connectivity index (χ1n) is 6.00. The van der Waals surface area contributed by atoms with Gasteiger partial charge in [-0.2, -0.15) is 0 Å². The van der Waals surface area contributed by atoms with Gasteiger partial charge in [-0.1, -0.05) is 18.2 Å². The van der Waals surface area contributed by atoms with Gasteiger partial charge in [-0.3, -0.25) is 4.79 Å². The fraction of sp³-hybridized carbons (Fsp3) is 0.267. The van der Waals surface area contributed by atoms with Crippen molar-refractivity contribution < 1.29 is 14.3 Å². The predicted octanol–water partition coefficient (Wildman–Crippen LogP) is 3.83. The number of aryl methyl sites for hydroxylation is 2. The number of benzene rings is 1. The van der Waals surface area contributed by atoms with Gasteiger partial charge in [0, 0.05) is 6.42 Å². The van der Waals surface area contributed by atoms with E-state index in [0.717, 1.165) is 5.56 Å². The molecule has 0 aliphatic carbocycles. The number of hydrogen-bond donors (Lipinski definition) is 1. The van der Waals surface area contributed by atoms with Crippen LogP contribution in [0.2, 0.25) is 0 Å². The Morgan fingerprint density at radius 1 is 1.37 bits per heavy atom. The molecular weight excluding hydrogens is 263 g/mol. The first-order valence-corrected chi connectivity index (χ1v) is 6.88. The lowest BCUT2D eigenvalue weighted by atomic mass is 10.00. The second kappa shape index (κ2) is 5.53. The maximum atomic E-state index is 14.0. The van der Waals surface area contributed by atoms with Gasteiger partial charge in [0.05, 0.1) is 4.88 Å². The summed E-state index contributed by atoms with van der Waals surface area (Å²) in [7, 11) is 0. The topological polar surface area (TPSA) is 37.3 Å². The molecule has 0 unspecified atom stereocenters. The molecule has 0 aliphatic rings. The molecule has 2 aromatic rings. The maximum absolute atomic E-state index is 14.0. The van der Waals surface area contributed by atoms with Crippen LogP contribution >= 0.6 is 11.3 Å². The zero-order valence-corrected chi connectivity index (χ0v) is 11.6. The summed E-state index contributed by atoms with van der Waals surface area (Å²) in [6.45, 7) is 3.53. The number of rotatable bonds is 4. The van der Waals surface area contributed by atoms with E-state index >= 15 is 0 Å². The van der Waals surface area contributed by atoms with E-state index in [4.69, 9.17) is 0 Å². The lowest BCUT2D eigenvalue weighted by Crippen LogP contribution is -2.17. The van der Waals surface area contributed by atoms with Crippen LogP contribution in [0.4, 0.5) is 4.39 Å². The van der Waals surface area contributed by atoms with Crippen LogP contribution in [0, 0.1) is 13.8 Å². The summed E-state index contributed by atoms with van der Waals surface area (Å²) >= 11 is 1.25. The molecule has 1 N–H and O–H groups in total. The summed E-state index contributed by atoms with van der Waals surface area (Å²) in [6, 6.07) is 6.81. The number of Topliss-reactive ketones (excluding diaryl/α,β-unsaturated/α-hetero) is 1. The fourth-order valence-electron chi connectivity index (χ4n) is 2.04. The number of carbonyl (C=O) groups is 1. The van der Waals surface area contributed by atoms with Gasteiger partial charge in [0.25, 0.3) is 0 Å². The summed E-state index contributed by atoms with van der Waals surface area (Å²) < 4.78 is 14.0. The van der Waals surface area contributed by atoms with Crippen LogP contribution in [-0.4, -0.2) is 17.1 Å². The lowest BCUT2D eigenvalue weighted by molar-refractivity contribution is 0.0881. The molecule has 19 heavy (non-hydrogen) atoms. The number of carbonyl (C=O) groups excluding carboxylic acids is 1. The van der Waals surface area contributed by atoms with Crippen LogP contribution in [0.25, 0.3) is 0 Å². The standard InChI is InChI=1S/C15H15FO2S/c1-9-6-11(7-10(2)14(9)17)8-12(16)15(18)13-4-3-5-19-13/h3-7,12,17H,8H2,1-2H3/t12-/m0/s1. The van der Waals surface area contributed by atoms with Gasteiger partial charge >= 0.3 is 0 Å². The number of hydrogen-bond acceptors (Lipinski definition) is 3. The van der Waals surface area contributed by atoms with E-state index in [1.54, 1.807) is 43.5 Å². The van der Waals surface area contributed by atoms with Crippen molar-refractivity contribution in [2.75, 3.05) is 0 Å². The molecule has 100 valence electrons. The highest BCUT2D eigenvalue weighted by atomic mass is 32.1. The van der Waals surface area contributed by atoms with Gasteiger partial charge in [-0.15, -0.1) is 11.3 Å². The average Bonchev–Trinajstić information content (AvgIpc) is 2.88. The molecule has 1 aromatic carbocycles. The third-order valence-corrected chi connectivity index (χ3v) is 3.90. The monoisotopic (exact) mass is 278 g/mol. The van der Waals surface area contributed by atoms with Crippen LogP contribution in [0.3, 0.4) is 0 Å². The Bertz CT molecular complexity index is 567. The Morgan fingerprint density at radius 2 is 2.00 bits per heavy atom. The van der Waals surface area contributed by atoms with E-state index in [9.17, 15) is 14.3 Å². The number of aromatic hydroxyl groups is 1. The molecule has 0 bridgehead atoms. The molecule has 0 saturated carbocycles. The van der Waals surface area contributed by atoms with E-state index in [1.165, 1.54) is 11.3 Å². The molecule has 0 aliphatic heterocycles. The second-order valence-electron chi connectivity index (χ2n) is 4.59. The van der Waals surface area contributed by atoms with E-state index in [0.29, 0.717) is 16.0 Å². The zero-order valence-electron chi connectivity index (χ0n) is 10.8. The summed E-state index contributed by atoms with van der Waals surface area (Å²) in [6.07, 6.45) is -1.50. The minimum atomic E-state index is -1.54. The minimum Gasteiger partial charge on any atom is -0.507 e. The van der Waals surface area contributed by atoms with E-state index < -0.39 is 12.0 Å². The highest BCUT2D eigenvalue weighted by Crippen LogP contribution is 2.24. The molecule has 2 rings (SSSR count). The van der Waals surface area contributed by atoms with Gasteiger partial charge < -0.3 is 5.11 Å². The van der Waals surface area contributed by atoms with E-state index in [1.807, 2.05) is 0 Å². The minimum absolute atomic E-state index is 0.0404. The summed E-state index contributed by atoms with van der Waals surface area (Å²) in [4.78, 5) is 12.3. The van der Waals surface area contributed by atoms with Gasteiger partial charge in [0.15, 0.2) is 6.17 Å². The van der Waals surface area contributed by atoms with Crippen molar-refractivity contribution in [1.82, 2.24) is 0 Å². The van der Waals surface area contributed by atoms with Crippen LogP contribution in [0.1, 0.15) is 26.4 Å². The summed E-state index contributed by atoms with van der Waals surface area (Å²) in [5.74, 6) is -0.248. The molecule has 2 nitrogen and oxygen atoms in total. The van der Waals surface area contributed by atoms with Crippen LogP contribution in [0.5, 0.6) is 5.75 Å². The zero-order chi connectivity index (χ0) is 14.0. The van der Waals surface area contributed by atoms with Crippen molar-refractivity contribution in [2.45, 2.75) is 26.4 Å². The van der Waals surface area contributed by atoms with Crippen LogP contribution < -0.4 is 0 Å².